The lowest BCUT2D eigenvalue weighted by atomic mass is 9.96. The number of nitrogens with zero attached hydrogens (tertiary/aromatic N) is 1. The minimum Gasteiger partial charge on any atom is -0.465 e. The second kappa shape index (κ2) is 8.49. The fourth-order valence-electron chi connectivity index (χ4n) is 3.19. The van der Waals surface area contributed by atoms with Gasteiger partial charge in [-0.1, -0.05) is 18.2 Å². The average Bonchev–Trinajstić information content (AvgIpc) is 2.73. The Hall–Kier alpha value is -3.15. The van der Waals surface area contributed by atoms with Crippen molar-refractivity contribution in [2.24, 2.45) is 5.92 Å². The van der Waals surface area contributed by atoms with Gasteiger partial charge in [0.25, 0.3) is 5.91 Å². The van der Waals surface area contributed by atoms with Crippen LogP contribution in [0.5, 0.6) is 0 Å². The van der Waals surface area contributed by atoms with E-state index in [0.29, 0.717) is 24.2 Å². The van der Waals surface area contributed by atoms with Crippen molar-refractivity contribution >= 4 is 23.5 Å². The molecule has 1 atom stereocenters. The standard InChI is InChI=1S/C21H22N2O4/c1-27-21(26)16-11-9-15(10-12-16)20(25)23-13-5-6-17(14-23)19(24)22-18-7-3-2-4-8-18/h2-4,7-12,17H,5-6,13-14H2,1H3,(H,22,24). The van der Waals surface area contributed by atoms with Gasteiger partial charge in [-0.15, -0.1) is 0 Å². The van der Waals surface area contributed by atoms with Crippen LogP contribution in [0, 0.1) is 5.92 Å². The van der Waals surface area contributed by atoms with Crippen LogP contribution in [-0.4, -0.2) is 42.9 Å². The molecule has 0 radical (unpaired) electrons. The zero-order valence-electron chi connectivity index (χ0n) is 15.2. The lowest BCUT2D eigenvalue weighted by Gasteiger charge is -2.32. The van der Waals surface area contributed by atoms with Gasteiger partial charge in [0.1, 0.15) is 0 Å². The van der Waals surface area contributed by atoms with E-state index in [1.165, 1.54) is 7.11 Å². The van der Waals surface area contributed by atoms with Gasteiger partial charge in [-0.3, -0.25) is 9.59 Å². The molecule has 1 saturated heterocycles. The summed E-state index contributed by atoms with van der Waals surface area (Å²) in [5, 5.41) is 2.91. The number of piperidine rings is 1. The maximum atomic E-state index is 12.8. The average molecular weight is 366 g/mol. The van der Waals surface area contributed by atoms with Crippen LogP contribution in [-0.2, 0) is 9.53 Å². The van der Waals surface area contributed by atoms with Crippen LogP contribution in [0.2, 0.25) is 0 Å². The molecule has 1 fully saturated rings. The highest BCUT2D eigenvalue weighted by Gasteiger charge is 2.29. The first-order chi connectivity index (χ1) is 13.1. The normalized spacial score (nSPS) is 16.5. The summed E-state index contributed by atoms with van der Waals surface area (Å²) in [6.07, 6.45) is 1.53. The van der Waals surface area contributed by atoms with E-state index in [9.17, 15) is 14.4 Å². The number of methoxy groups -OCH3 is 1. The number of ether oxygens (including phenoxy) is 1. The summed E-state index contributed by atoms with van der Waals surface area (Å²) in [7, 11) is 1.32. The number of carbonyl (C=O) groups is 3. The van der Waals surface area contributed by atoms with Crippen LogP contribution in [0.25, 0.3) is 0 Å². The fraction of sp³-hybridized carbons (Fsp3) is 0.286. The van der Waals surface area contributed by atoms with Crippen molar-refractivity contribution in [1.29, 1.82) is 0 Å². The number of rotatable bonds is 4. The Morgan fingerprint density at radius 1 is 1.00 bits per heavy atom. The molecular weight excluding hydrogens is 344 g/mol. The van der Waals surface area contributed by atoms with Gasteiger partial charge in [0.05, 0.1) is 18.6 Å². The largest absolute Gasteiger partial charge is 0.465 e. The number of nitrogens with one attached hydrogen (secondary N) is 1. The number of hydrogen-bond acceptors (Lipinski definition) is 4. The summed E-state index contributed by atoms with van der Waals surface area (Å²) < 4.78 is 4.66. The summed E-state index contributed by atoms with van der Waals surface area (Å²) in [6, 6.07) is 15.7. The number of amides is 2. The van der Waals surface area contributed by atoms with Crippen molar-refractivity contribution < 1.29 is 19.1 Å². The van der Waals surface area contributed by atoms with Gasteiger partial charge >= 0.3 is 5.97 Å². The Bertz CT molecular complexity index is 818. The lowest BCUT2D eigenvalue weighted by molar-refractivity contribution is -0.121. The number of benzene rings is 2. The third-order valence-corrected chi connectivity index (χ3v) is 4.67. The van der Waals surface area contributed by atoms with Crippen LogP contribution in [0.3, 0.4) is 0 Å². The van der Waals surface area contributed by atoms with Gasteiger partial charge in [0, 0.05) is 24.3 Å². The number of carbonyl (C=O) groups excluding carboxylic acids is 3. The lowest BCUT2D eigenvalue weighted by Crippen LogP contribution is -2.43. The van der Waals surface area contributed by atoms with Gasteiger partial charge in [-0.05, 0) is 49.2 Å². The molecule has 1 aliphatic rings. The highest BCUT2D eigenvalue weighted by Crippen LogP contribution is 2.21. The first-order valence-corrected chi connectivity index (χ1v) is 8.92. The van der Waals surface area contributed by atoms with E-state index in [1.54, 1.807) is 29.2 Å². The van der Waals surface area contributed by atoms with Crippen molar-refractivity contribution in [3.8, 4) is 0 Å². The Morgan fingerprint density at radius 3 is 2.33 bits per heavy atom. The molecule has 140 valence electrons. The number of hydrogen-bond donors (Lipinski definition) is 1. The molecule has 0 bridgehead atoms. The van der Waals surface area contributed by atoms with Crippen LogP contribution < -0.4 is 5.32 Å². The summed E-state index contributed by atoms with van der Waals surface area (Å²) >= 11 is 0. The first kappa shape index (κ1) is 18.6. The second-order valence-corrected chi connectivity index (χ2v) is 6.51. The first-order valence-electron chi connectivity index (χ1n) is 8.92. The van der Waals surface area contributed by atoms with Gasteiger partial charge in [0.15, 0.2) is 0 Å². The second-order valence-electron chi connectivity index (χ2n) is 6.51. The Kier molecular flexibility index (Phi) is 5.86. The molecule has 27 heavy (non-hydrogen) atoms. The van der Waals surface area contributed by atoms with Gasteiger partial charge in [-0.25, -0.2) is 4.79 Å². The quantitative estimate of drug-likeness (QED) is 0.844. The summed E-state index contributed by atoms with van der Waals surface area (Å²) in [4.78, 5) is 38.5. The topological polar surface area (TPSA) is 75.7 Å². The third-order valence-electron chi connectivity index (χ3n) is 4.67. The molecule has 2 aromatic carbocycles. The van der Waals surface area contributed by atoms with Crippen LogP contribution in [0.15, 0.2) is 54.6 Å². The summed E-state index contributed by atoms with van der Waals surface area (Å²) in [5.41, 5.74) is 1.64. The molecule has 1 N–H and O–H groups in total. The molecule has 0 aliphatic carbocycles. The van der Waals surface area contributed by atoms with Crippen molar-refractivity contribution in [3.63, 3.8) is 0 Å². The Balaban J connectivity index is 1.64. The number of anilines is 1. The summed E-state index contributed by atoms with van der Waals surface area (Å²) in [5.74, 6) is -0.884. The van der Waals surface area contributed by atoms with Crippen LogP contribution >= 0.6 is 0 Å². The molecule has 6 heteroatoms. The van der Waals surface area contributed by atoms with E-state index < -0.39 is 5.97 Å². The predicted molar refractivity (Wildman–Crippen MR) is 101 cm³/mol. The van der Waals surface area contributed by atoms with E-state index in [0.717, 1.165) is 18.5 Å². The van der Waals surface area contributed by atoms with E-state index in [1.807, 2.05) is 30.3 Å². The highest BCUT2D eigenvalue weighted by molar-refractivity contribution is 5.97. The van der Waals surface area contributed by atoms with Gasteiger partial charge in [-0.2, -0.15) is 0 Å². The summed E-state index contributed by atoms with van der Waals surface area (Å²) in [6.45, 7) is 1.00. The van der Waals surface area contributed by atoms with Crippen LogP contribution in [0.1, 0.15) is 33.6 Å². The van der Waals surface area contributed by atoms with Gasteiger partial charge < -0.3 is 15.0 Å². The SMILES string of the molecule is COC(=O)c1ccc(C(=O)N2CCCC(C(=O)Nc3ccccc3)C2)cc1. The smallest absolute Gasteiger partial charge is 0.337 e. The fourth-order valence-corrected chi connectivity index (χ4v) is 3.19. The molecular formula is C21H22N2O4. The van der Waals surface area contributed by atoms with E-state index >= 15 is 0 Å². The van der Waals surface area contributed by atoms with Crippen molar-refractivity contribution in [1.82, 2.24) is 4.90 Å². The Labute approximate surface area is 158 Å². The number of esters is 1. The molecule has 0 aromatic heterocycles. The number of para-hydroxylation sites is 1. The van der Waals surface area contributed by atoms with Crippen molar-refractivity contribution in [2.75, 3.05) is 25.5 Å². The molecule has 2 amide bonds. The zero-order valence-corrected chi connectivity index (χ0v) is 15.2. The minimum atomic E-state index is -0.440. The third kappa shape index (κ3) is 4.53. The minimum absolute atomic E-state index is 0.0697. The van der Waals surface area contributed by atoms with E-state index in [2.05, 4.69) is 10.1 Å². The highest BCUT2D eigenvalue weighted by atomic mass is 16.5. The molecule has 1 heterocycles. The molecule has 0 saturated carbocycles. The molecule has 3 rings (SSSR count). The van der Waals surface area contributed by atoms with E-state index in [-0.39, 0.29) is 17.7 Å². The van der Waals surface area contributed by atoms with Gasteiger partial charge in [0.2, 0.25) is 5.91 Å². The molecule has 6 nitrogen and oxygen atoms in total. The zero-order chi connectivity index (χ0) is 19.2. The van der Waals surface area contributed by atoms with Crippen molar-refractivity contribution in [2.45, 2.75) is 12.8 Å². The van der Waals surface area contributed by atoms with Crippen molar-refractivity contribution in [3.05, 3.63) is 65.7 Å². The molecule has 1 unspecified atom stereocenters. The number of likely N-dealkylation sites (tertiary alicyclic amines) is 1. The Morgan fingerprint density at radius 2 is 1.67 bits per heavy atom. The van der Waals surface area contributed by atoms with E-state index in [4.69, 9.17) is 0 Å². The molecule has 2 aromatic rings. The molecule has 1 aliphatic heterocycles. The molecule has 0 spiro atoms. The monoisotopic (exact) mass is 366 g/mol. The van der Waals surface area contributed by atoms with Crippen LogP contribution in [0.4, 0.5) is 5.69 Å². The predicted octanol–water partition coefficient (Wildman–Crippen LogP) is 2.96. The maximum absolute atomic E-state index is 12.8. The maximum Gasteiger partial charge on any atom is 0.337 e.